The van der Waals surface area contributed by atoms with E-state index in [1.165, 1.54) is 0 Å². The fourth-order valence-corrected chi connectivity index (χ4v) is 2.92. The van der Waals surface area contributed by atoms with E-state index in [2.05, 4.69) is 5.32 Å². The molecule has 2 atom stereocenters. The summed E-state index contributed by atoms with van der Waals surface area (Å²) in [6.07, 6.45) is 3.71. The van der Waals surface area contributed by atoms with Crippen LogP contribution in [-0.4, -0.2) is 18.1 Å². The van der Waals surface area contributed by atoms with Crippen molar-refractivity contribution in [2.75, 3.05) is 5.32 Å². The van der Waals surface area contributed by atoms with Crippen molar-refractivity contribution in [2.24, 2.45) is 11.7 Å². The van der Waals surface area contributed by atoms with Crippen LogP contribution >= 0.6 is 24.0 Å². The van der Waals surface area contributed by atoms with Crippen LogP contribution in [0.5, 0.6) is 5.75 Å². The summed E-state index contributed by atoms with van der Waals surface area (Å²) in [4.78, 5) is 12.0. The number of ether oxygens (including phenoxy) is 1. The van der Waals surface area contributed by atoms with Crippen molar-refractivity contribution in [2.45, 2.75) is 51.7 Å². The fourth-order valence-electron chi connectivity index (χ4n) is 2.70. The molecule has 0 unspecified atom stereocenters. The highest BCUT2D eigenvalue weighted by atomic mass is 35.5. The minimum absolute atomic E-state index is 0. The van der Waals surface area contributed by atoms with Gasteiger partial charge in [-0.25, -0.2) is 0 Å². The number of carbonyl (C=O) groups excluding carboxylic acids is 1. The van der Waals surface area contributed by atoms with E-state index >= 15 is 0 Å². The smallest absolute Gasteiger partial charge is 0.224 e. The van der Waals surface area contributed by atoms with Gasteiger partial charge in [0.2, 0.25) is 5.91 Å². The van der Waals surface area contributed by atoms with Crippen LogP contribution in [0.2, 0.25) is 5.02 Å². The zero-order valence-corrected chi connectivity index (χ0v) is 14.5. The minimum Gasteiger partial charge on any atom is -0.489 e. The van der Waals surface area contributed by atoms with Gasteiger partial charge in [0, 0.05) is 18.2 Å². The molecule has 1 amide bonds. The van der Waals surface area contributed by atoms with E-state index in [1.54, 1.807) is 18.2 Å². The van der Waals surface area contributed by atoms with Crippen LogP contribution in [0.15, 0.2) is 18.2 Å². The number of rotatable bonds is 5. The van der Waals surface area contributed by atoms with Crippen molar-refractivity contribution in [3.05, 3.63) is 23.2 Å². The lowest BCUT2D eigenvalue weighted by Crippen LogP contribution is -2.28. The Morgan fingerprint density at radius 3 is 2.73 bits per heavy atom. The van der Waals surface area contributed by atoms with Crippen molar-refractivity contribution >= 4 is 35.6 Å². The average Bonchev–Trinajstić information content (AvgIpc) is 2.78. The van der Waals surface area contributed by atoms with Gasteiger partial charge in [0.15, 0.2) is 0 Å². The maximum absolute atomic E-state index is 12.0. The third-order valence-corrected chi connectivity index (χ3v) is 4.04. The Bertz CT molecular complexity index is 509. The predicted octanol–water partition coefficient (Wildman–Crippen LogP) is 4.01. The number of halogens is 2. The molecule has 4 nitrogen and oxygen atoms in total. The summed E-state index contributed by atoms with van der Waals surface area (Å²) in [7, 11) is 0. The summed E-state index contributed by atoms with van der Waals surface area (Å²) in [6, 6.07) is 5.45. The number of amides is 1. The lowest BCUT2D eigenvalue weighted by atomic mass is 10.00. The largest absolute Gasteiger partial charge is 0.489 e. The third kappa shape index (κ3) is 5.34. The van der Waals surface area contributed by atoms with E-state index in [0.29, 0.717) is 28.8 Å². The molecule has 0 heterocycles. The van der Waals surface area contributed by atoms with Crippen LogP contribution in [0.4, 0.5) is 5.69 Å². The van der Waals surface area contributed by atoms with Gasteiger partial charge in [-0.2, -0.15) is 0 Å². The van der Waals surface area contributed by atoms with Gasteiger partial charge in [-0.05, 0) is 50.8 Å². The number of nitrogens with one attached hydrogen (secondary N) is 1. The van der Waals surface area contributed by atoms with Crippen molar-refractivity contribution in [1.82, 2.24) is 0 Å². The number of benzene rings is 1. The number of hydrogen-bond acceptors (Lipinski definition) is 3. The summed E-state index contributed by atoms with van der Waals surface area (Å²) < 4.78 is 5.57. The van der Waals surface area contributed by atoms with Crippen molar-refractivity contribution in [3.63, 3.8) is 0 Å². The SMILES string of the molecule is CC(C)Oc1ccc(NC(=O)C[C@@H]2CCC[C@H]2N)cc1Cl.Cl. The van der Waals surface area contributed by atoms with E-state index in [4.69, 9.17) is 22.1 Å². The number of carbonyl (C=O) groups is 1. The molecule has 1 aromatic carbocycles. The first-order chi connectivity index (χ1) is 9.95. The van der Waals surface area contributed by atoms with Crippen LogP contribution in [-0.2, 0) is 4.79 Å². The Labute approximate surface area is 143 Å². The Morgan fingerprint density at radius 2 is 2.18 bits per heavy atom. The molecule has 0 spiro atoms. The molecule has 0 radical (unpaired) electrons. The Hall–Kier alpha value is -0.970. The van der Waals surface area contributed by atoms with Crippen LogP contribution in [0.1, 0.15) is 39.5 Å². The molecule has 0 aliphatic heterocycles. The maximum atomic E-state index is 12.0. The van der Waals surface area contributed by atoms with Crippen molar-refractivity contribution in [3.8, 4) is 5.75 Å². The molecule has 0 aromatic heterocycles. The highest BCUT2D eigenvalue weighted by Gasteiger charge is 2.26. The van der Waals surface area contributed by atoms with Gasteiger partial charge in [-0.1, -0.05) is 18.0 Å². The highest BCUT2D eigenvalue weighted by Crippen LogP contribution is 2.30. The topological polar surface area (TPSA) is 64.3 Å². The molecule has 1 aromatic rings. The molecule has 0 saturated heterocycles. The molecule has 1 aliphatic rings. The summed E-state index contributed by atoms with van der Waals surface area (Å²) in [5.41, 5.74) is 6.68. The van der Waals surface area contributed by atoms with Crippen LogP contribution < -0.4 is 15.8 Å². The summed E-state index contributed by atoms with van der Waals surface area (Å²) in [5, 5.41) is 3.38. The van der Waals surface area contributed by atoms with E-state index in [1.807, 2.05) is 13.8 Å². The van der Waals surface area contributed by atoms with Gasteiger partial charge >= 0.3 is 0 Å². The van der Waals surface area contributed by atoms with Crippen molar-refractivity contribution < 1.29 is 9.53 Å². The van der Waals surface area contributed by atoms with E-state index in [-0.39, 0.29) is 30.5 Å². The summed E-state index contributed by atoms with van der Waals surface area (Å²) in [6.45, 7) is 3.88. The standard InChI is InChI=1S/C16H23ClN2O2.ClH/c1-10(2)21-15-7-6-12(9-13(15)17)19-16(20)8-11-4-3-5-14(11)18;/h6-7,9-11,14H,3-5,8,18H2,1-2H3,(H,19,20);1H/t11-,14+;/m0./s1. The normalized spacial score (nSPS) is 20.6. The van der Waals surface area contributed by atoms with Gasteiger partial charge < -0.3 is 15.8 Å². The van der Waals surface area contributed by atoms with E-state index in [9.17, 15) is 4.79 Å². The zero-order chi connectivity index (χ0) is 15.4. The van der Waals surface area contributed by atoms with E-state index in [0.717, 1.165) is 19.3 Å². The second kappa shape index (κ2) is 8.61. The first-order valence-corrected chi connectivity index (χ1v) is 7.85. The predicted molar refractivity (Wildman–Crippen MR) is 93.0 cm³/mol. The van der Waals surface area contributed by atoms with Gasteiger partial charge in [0.1, 0.15) is 5.75 Å². The third-order valence-electron chi connectivity index (χ3n) is 3.74. The molecular formula is C16H24Cl2N2O2. The molecule has 124 valence electrons. The lowest BCUT2D eigenvalue weighted by Gasteiger charge is -2.15. The molecule has 2 rings (SSSR count). The van der Waals surface area contributed by atoms with Crippen molar-refractivity contribution in [1.29, 1.82) is 0 Å². The highest BCUT2D eigenvalue weighted by molar-refractivity contribution is 6.32. The number of hydrogen-bond donors (Lipinski definition) is 2. The maximum Gasteiger partial charge on any atom is 0.224 e. The van der Waals surface area contributed by atoms with Crippen LogP contribution in [0.3, 0.4) is 0 Å². The van der Waals surface area contributed by atoms with Crippen LogP contribution in [0.25, 0.3) is 0 Å². The molecule has 6 heteroatoms. The zero-order valence-electron chi connectivity index (χ0n) is 13.0. The van der Waals surface area contributed by atoms with Crippen LogP contribution in [0, 0.1) is 5.92 Å². The molecular weight excluding hydrogens is 323 g/mol. The number of nitrogens with two attached hydrogens (primary N) is 1. The molecule has 1 fully saturated rings. The van der Waals surface area contributed by atoms with E-state index < -0.39 is 0 Å². The summed E-state index contributed by atoms with van der Waals surface area (Å²) in [5.74, 6) is 0.914. The molecule has 22 heavy (non-hydrogen) atoms. The van der Waals surface area contributed by atoms with Gasteiger partial charge in [-0.3, -0.25) is 4.79 Å². The minimum atomic E-state index is -0.00838. The fraction of sp³-hybridized carbons (Fsp3) is 0.562. The molecule has 1 saturated carbocycles. The second-order valence-electron chi connectivity index (χ2n) is 5.92. The Morgan fingerprint density at radius 1 is 1.45 bits per heavy atom. The van der Waals surface area contributed by atoms with Gasteiger partial charge in [0.05, 0.1) is 11.1 Å². The monoisotopic (exact) mass is 346 g/mol. The quantitative estimate of drug-likeness (QED) is 0.846. The molecule has 3 N–H and O–H groups in total. The molecule has 0 bridgehead atoms. The average molecular weight is 347 g/mol. The summed E-state index contributed by atoms with van der Waals surface area (Å²) >= 11 is 6.15. The Balaban J connectivity index is 0.00000242. The first kappa shape index (κ1) is 19.1. The van der Waals surface area contributed by atoms with Gasteiger partial charge in [-0.15, -0.1) is 12.4 Å². The molecule has 1 aliphatic carbocycles. The number of anilines is 1. The second-order valence-corrected chi connectivity index (χ2v) is 6.33. The van der Waals surface area contributed by atoms with Gasteiger partial charge in [0.25, 0.3) is 0 Å². The lowest BCUT2D eigenvalue weighted by molar-refractivity contribution is -0.117. The first-order valence-electron chi connectivity index (χ1n) is 7.47. The Kier molecular flexibility index (Phi) is 7.46.